The second-order valence-corrected chi connectivity index (χ2v) is 7.19. The number of nitrogens with zero attached hydrogens (tertiary/aromatic N) is 3. The molecule has 7 heteroatoms. The third-order valence-corrected chi connectivity index (χ3v) is 4.97. The highest BCUT2D eigenvalue weighted by molar-refractivity contribution is 6.31. The number of rotatable bonds is 3. The first-order valence-electron chi connectivity index (χ1n) is 8.52. The van der Waals surface area contributed by atoms with Crippen LogP contribution in [0.5, 0.6) is 0 Å². The Morgan fingerprint density at radius 2 is 2.16 bits per heavy atom. The lowest BCUT2D eigenvalue weighted by molar-refractivity contribution is 0.357. The van der Waals surface area contributed by atoms with Crippen LogP contribution < -0.4 is 5.32 Å². The topological polar surface area (TPSA) is 66.5 Å². The van der Waals surface area contributed by atoms with E-state index in [9.17, 15) is 4.39 Å². The van der Waals surface area contributed by atoms with E-state index in [0.29, 0.717) is 22.4 Å². The maximum atomic E-state index is 14.2. The summed E-state index contributed by atoms with van der Waals surface area (Å²) in [4.78, 5) is 15.9. The van der Waals surface area contributed by atoms with Gasteiger partial charge < -0.3 is 10.3 Å². The molecule has 0 aromatic carbocycles. The number of anilines is 1. The summed E-state index contributed by atoms with van der Waals surface area (Å²) in [6.45, 7) is 2.23. The summed E-state index contributed by atoms with van der Waals surface area (Å²) in [6, 6.07) is 2.05. The minimum absolute atomic E-state index is 0.250. The molecule has 0 amide bonds. The first-order chi connectivity index (χ1) is 12.1. The largest absolute Gasteiger partial charge is 0.365 e. The van der Waals surface area contributed by atoms with Crippen LogP contribution in [0.4, 0.5) is 10.2 Å². The SMILES string of the molecule is CC1CCCC(Nc2nc(-c3c[nH]c4ncc(Cl)cc34)ncc2F)C1. The van der Waals surface area contributed by atoms with E-state index in [4.69, 9.17) is 11.6 Å². The zero-order valence-corrected chi connectivity index (χ0v) is 14.6. The van der Waals surface area contributed by atoms with Crippen molar-refractivity contribution in [3.05, 3.63) is 35.5 Å². The zero-order valence-electron chi connectivity index (χ0n) is 13.9. The fourth-order valence-corrected chi connectivity index (χ4v) is 3.68. The number of nitrogens with one attached hydrogen (secondary N) is 2. The monoisotopic (exact) mass is 359 g/mol. The van der Waals surface area contributed by atoms with E-state index in [-0.39, 0.29) is 11.9 Å². The third-order valence-electron chi connectivity index (χ3n) is 4.76. The Morgan fingerprint density at radius 1 is 1.28 bits per heavy atom. The van der Waals surface area contributed by atoms with Gasteiger partial charge in [-0.3, -0.25) is 0 Å². The molecule has 4 rings (SSSR count). The van der Waals surface area contributed by atoms with Crippen LogP contribution in [0.15, 0.2) is 24.7 Å². The van der Waals surface area contributed by atoms with Gasteiger partial charge in [-0.25, -0.2) is 19.3 Å². The maximum absolute atomic E-state index is 14.2. The quantitative estimate of drug-likeness (QED) is 0.704. The predicted octanol–water partition coefficient (Wildman–Crippen LogP) is 4.80. The number of aromatic nitrogens is 4. The van der Waals surface area contributed by atoms with Crippen molar-refractivity contribution in [2.75, 3.05) is 5.32 Å². The lowest BCUT2D eigenvalue weighted by atomic mass is 9.87. The third kappa shape index (κ3) is 3.31. The average Bonchev–Trinajstić information content (AvgIpc) is 3.00. The van der Waals surface area contributed by atoms with Crippen LogP contribution in [0.1, 0.15) is 32.6 Å². The van der Waals surface area contributed by atoms with E-state index >= 15 is 0 Å². The summed E-state index contributed by atoms with van der Waals surface area (Å²) >= 11 is 6.04. The van der Waals surface area contributed by atoms with Crippen molar-refractivity contribution in [2.45, 2.75) is 38.6 Å². The lowest BCUT2D eigenvalue weighted by Crippen LogP contribution is -2.27. The van der Waals surface area contributed by atoms with Gasteiger partial charge in [0.1, 0.15) is 5.65 Å². The molecule has 1 fully saturated rings. The van der Waals surface area contributed by atoms with E-state index in [1.54, 1.807) is 18.5 Å². The molecule has 3 aromatic rings. The van der Waals surface area contributed by atoms with Crippen molar-refractivity contribution in [2.24, 2.45) is 5.92 Å². The lowest BCUT2D eigenvalue weighted by Gasteiger charge is -2.28. The van der Waals surface area contributed by atoms with Crippen molar-refractivity contribution in [1.29, 1.82) is 0 Å². The fourth-order valence-electron chi connectivity index (χ4n) is 3.52. The summed E-state index contributed by atoms with van der Waals surface area (Å²) < 4.78 is 14.2. The maximum Gasteiger partial charge on any atom is 0.183 e. The van der Waals surface area contributed by atoms with Crippen LogP contribution in [0, 0.1) is 11.7 Å². The first kappa shape index (κ1) is 16.3. The van der Waals surface area contributed by atoms with Crippen LogP contribution >= 0.6 is 11.6 Å². The van der Waals surface area contributed by atoms with Crippen LogP contribution in [-0.2, 0) is 0 Å². The first-order valence-corrected chi connectivity index (χ1v) is 8.90. The smallest absolute Gasteiger partial charge is 0.183 e. The molecule has 0 bridgehead atoms. The van der Waals surface area contributed by atoms with Crippen LogP contribution in [0.2, 0.25) is 5.02 Å². The number of pyridine rings is 1. The second kappa shape index (κ2) is 6.59. The number of H-pyrrole nitrogens is 1. The molecule has 0 aliphatic heterocycles. The molecule has 5 nitrogen and oxygen atoms in total. The van der Waals surface area contributed by atoms with E-state index in [1.807, 2.05) is 0 Å². The molecule has 1 aliphatic rings. The Balaban J connectivity index is 1.67. The van der Waals surface area contributed by atoms with E-state index in [1.165, 1.54) is 12.6 Å². The van der Waals surface area contributed by atoms with Crippen molar-refractivity contribution < 1.29 is 4.39 Å². The molecule has 25 heavy (non-hydrogen) atoms. The minimum Gasteiger partial charge on any atom is -0.365 e. The number of halogens is 2. The molecular formula is C18H19ClFN5. The molecular weight excluding hydrogens is 341 g/mol. The zero-order chi connectivity index (χ0) is 17.4. The average molecular weight is 360 g/mol. The number of fused-ring (bicyclic) bond motifs is 1. The van der Waals surface area contributed by atoms with Crippen molar-refractivity contribution in [3.8, 4) is 11.4 Å². The molecule has 1 saturated carbocycles. The fraction of sp³-hybridized carbons (Fsp3) is 0.389. The van der Waals surface area contributed by atoms with Gasteiger partial charge >= 0.3 is 0 Å². The summed E-state index contributed by atoms with van der Waals surface area (Å²) in [6.07, 6.45) is 9.03. The van der Waals surface area contributed by atoms with E-state index < -0.39 is 5.82 Å². The summed E-state index contributed by atoms with van der Waals surface area (Å²) in [7, 11) is 0. The summed E-state index contributed by atoms with van der Waals surface area (Å²) in [5, 5.41) is 4.61. The number of hydrogen-bond acceptors (Lipinski definition) is 4. The van der Waals surface area contributed by atoms with Crippen LogP contribution in [0.3, 0.4) is 0 Å². The Hall–Kier alpha value is -2.21. The van der Waals surface area contributed by atoms with Crippen LogP contribution in [0.25, 0.3) is 22.4 Å². The highest BCUT2D eigenvalue weighted by Crippen LogP contribution is 2.30. The van der Waals surface area contributed by atoms with Gasteiger partial charge in [0.15, 0.2) is 17.5 Å². The minimum atomic E-state index is -0.432. The Labute approximate surface area is 150 Å². The number of hydrogen-bond donors (Lipinski definition) is 2. The van der Waals surface area contributed by atoms with Crippen molar-refractivity contribution >= 4 is 28.5 Å². The molecule has 3 aromatic heterocycles. The highest BCUT2D eigenvalue weighted by Gasteiger charge is 2.21. The Bertz CT molecular complexity index is 910. The van der Waals surface area contributed by atoms with Gasteiger partial charge in [0.2, 0.25) is 0 Å². The van der Waals surface area contributed by atoms with Gasteiger partial charge in [0.05, 0.1) is 11.2 Å². The van der Waals surface area contributed by atoms with Gasteiger partial charge in [-0.1, -0.05) is 31.4 Å². The van der Waals surface area contributed by atoms with E-state index in [0.717, 1.165) is 30.2 Å². The molecule has 3 heterocycles. The Morgan fingerprint density at radius 3 is 3.00 bits per heavy atom. The van der Waals surface area contributed by atoms with Crippen LogP contribution in [-0.4, -0.2) is 26.0 Å². The molecule has 2 atom stereocenters. The molecule has 0 spiro atoms. The molecule has 2 N–H and O–H groups in total. The van der Waals surface area contributed by atoms with Gasteiger partial charge in [0, 0.05) is 29.4 Å². The van der Waals surface area contributed by atoms with Gasteiger partial charge in [-0.05, 0) is 24.8 Å². The van der Waals surface area contributed by atoms with Gasteiger partial charge in [0.25, 0.3) is 0 Å². The summed E-state index contributed by atoms with van der Waals surface area (Å²) in [5.74, 6) is 0.923. The normalized spacial score (nSPS) is 20.8. The second-order valence-electron chi connectivity index (χ2n) is 6.76. The van der Waals surface area contributed by atoms with Crippen molar-refractivity contribution in [3.63, 3.8) is 0 Å². The molecule has 2 unspecified atom stereocenters. The predicted molar refractivity (Wildman–Crippen MR) is 97.1 cm³/mol. The molecule has 0 saturated heterocycles. The molecule has 130 valence electrons. The Kier molecular flexibility index (Phi) is 4.29. The number of aromatic amines is 1. The van der Waals surface area contributed by atoms with Gasteiger partial charge in [-0.15, -0.1) is 0 Å². The molecule has 0 radical (unpaired) electrons. The van der Waals surface area contributed by atoms with Crippen molar-refractivity contribution in [1.82, 2.24) is 19.9 Å². The summed E-state index contributed by atoms with van der Waals surface area (Å²) in [5.41, 5.74) is 1.45. The van der Waals surface area contributed by atoms with E-state index in [2.05, 4.69) is 32.2 Å². The van der Waals surface area contributed by atoms with Gasteiger partial charge in [-0.2, -0.15) is 0 Å². The molecule has 1 aliphatic carbocycles. The highest BCUT2D eigenvalue weighted by atomic mass is 35.5. The standard InChI is InChI=1S/C18H19ClFN5/c1-10-3-2-4-12(5-10)24-18-15(20)9-23-17(25-18)14-8-22-16-13(14)6-11(19)7-21-16/h6-10,12H,2-5H2,1H3,(H,21,22)(H,23,24,25).